The van der Waals surface area contributed by atoms with Crippen molar-refractivity contribution in [3.8, 4) is 0 Å². The summed E-state index contributed by atoms with van der Waals surface area (Å²) in [7, 11) is 0. The minimum Gasteiger partial charge on any atom is -0.463 e. The lowest BCUT2D eigenvalue weighted by Gasteiger charge is -2.05. The average molecular weight is 527 g/mol. The van der Waals surface area contributed by atoms with Crippen LogP contribution < -0.4 is 0 Å². The van der Waals surface area contributed by atoms with Gasteiger partial charge < -0.3 is 9.47 Å². The topological polar surface area (TPSA) is 52.6 Å². The maximum Gasteiger partial charge on any atom is 0.330 e. The van der Waals surface area contributed by atoms with E-state index in [1.807, 2.05) is 13.8 Å². The highest BCUT2D eigenvalue weighted by molar-refractivity contribution is 5.83. The summed E-state index contributed by atoms with van der Waals surface area (Å²) in [6, 6.07) is 0. The second-order valence-corrected chi connectivity index (χ2v) is 10.8. The molecular formula is C34H54O4. The van der Waals surface area contributed by atoms with Crippen molar-refractivity contribution in [2.24, 2.45) is 0 Å². The third-order valence-corrected chi connectivity index (χ3v) is 6.00. The summed E-state index contributed by atoms with van der Waals surface area (Å²) in [6.07, 6.45) is 21.4. The van der Waals surface area contributed by atoms with Crippen molar-refractivity contribution in [1.82, 2.24) is 0 Å². The van der Waals surface area contributed by atoms with Crippen LogP contribution in [0, 0.1) is 0 Å². The van der Waals surface area contributed by atoms with E-state index in [0.29, 0.717) is 26.1 Å². The molecule has 0 spiro atoms. The maximum atomic E-state index is 12.0. The van der Waals surface area contributed by atoms with Crippen LogP contribution in [-0.4, -0.2) is 25.2 Å². The van der Waals surface area contributed by atoms with Crippen LogP contribution in [0.25, 0.3) is 0 Å². The van der Waals surface area contributed by atoms with E-state index in [1.165, 1.54) is 22.3 Å². The quantitative estimate of drug-likeness (QED) is 0.0727. The number of hydrogen-bond acceptors (Lipinski definition) is 4. The molecular weight excluding hydrogens is 472 g/mol. The van der Waals surface area contributed by atoms with Gasteiger partial charge in [0.05, 0.1) is 13.2 Å². The molecule has 0 saturated heterocycles. The second kappa shape index (κ2) is 22.4. The fourth-order valence-corrected chi connectivity index (χ4v) is 3.65. The zero-order chi connectivity index (χ0) is 28.8. The number of esters is 2. The normalized spacial score (nSPS) is 12.7. The fourth-order valence-electron chi connectivity index (χ4n) is 3.65. The first-order chi connectivity index (χ1) is 18.0. The molecule has 0 rings (SSSR count). The summed E-state index contributed by atoms with van der Waals surface area (Å²) < 4.78 is 10.6. The molecule has 214 valence electrons. The molecule has 0 amide bonds. The second-order valence-electron chi connectivity index (χ2n) is 10.8. The Bertz CT molecular complexity index is 811. The fraction of sp³-hybridized carbons (Fsp3) is 0.588. The first kappa shape index (κ1) is 35.4. The molecule has 4 heteroatoms. The van der Waals surface area contributed by atoms with Crippen LogP contribution in [0.5, 0.6) is 0 Å². The highest BCUT2D eigenvalue weighted by atomic mass is 16.5. The van der Waals surface area contributed by atoms with Crippen molar-refractivity contribution in [2.45, 2.75) is 120 Å². The largest absolute Gasteiger partial charge is 0.463 e. The molecule has 0 atom stereocenters. The highest BCUT2D eigenvalue weighted by Gasteiger charge is 2.03. The molecule has 0 bridgehead atoms. The summed E-state index contributed by atoms with van der Waals surface area (Å²) >= 11 is 0. The van der Waals surface area contributed by atoms with Crippen LogP contribution in [-0.2, 0) is 19.1 Å². The zero-order valence-corrected chi connectivity index (χ0v) is 25.6. The minimum atomic E-state index is -0.302. The van der Waals surface area contributed by atoms with Crippen LogP contribution in [0.1, 0.15) is 120 Å². The van der Waals surface area contributed by atoms with Gasteiger partial charge in [0.2, 0.25) is 0 Å². The van der Waals surface area contributed by atoms with E-state index in [2.05, 4.69) is 65.8 Å². The molecule has 0 aromatic rings. The van der Waals surface area contributed by atoms with Gasteiger partial charge in [0, 0.05) is 12.2 Å². The summed E-state index contributed by atoms with van der Waals surface area (Å²) in [5, 5.41) is 0. The van der Waals surface area contributed by atoms with Crippen molar-refractivity contribution in [1.29, 1.82) is 0 Å². The van der Waals surface area contributed by atoms with E-state index in [9.17, 15) is 9.59 Å². The number of ether oxygens (including phenoxy) is 2. The van der Waals surface area contributed by atoms with Gasteiger partial charge in [0.25, 0.3) is 0 Å². The molecule has 0 N–H and O–H groups in total. The van der Waals surface area contributed by atoms with Crippen molar-refractivity contribution in [3.05, 3.63) is 69.9 Å². The van der Waals surface area contributed by atoms with E-state index in [1.54, 1.807) is 12.2 Å². The summed E-state index contributed by atoms with van der Waals surface area (Å²) in [5.74, 6) is -0.605. The lowest BCUT2D eigenvalue weighted by atomic mass is 10.1. The first-order valence-electron chi connectivity index (χ1n) is 14.3. The van der Waals surface area contributed by atoms with Crippen LogP contribution in [0.4, 0.5) is 0 Å². The Balaban J connectivity index is 4.03. The maximum absolute atomic E-state index is 12.0. The molecule has 0 heterocycles. The Kier molecular flexibility index (Phi) is 20.8. The molecule has 0 fully saturated rings. The average Bonchev–Trinajstić information content (AvgIpc) is 2.80. The van der Waals surface area contributed by atoms with Gasteiger partial charge in [-0.3, -0.25) is 0 Å². The van der Waals surface area contributed by atoms with E-state index in [4.69, 9.17) is 9.47 Å². The van der Waals surface area contributed by atoms with E-state index >= 15 is 0 Å². The van der Waals surface area contributed by atoms with E-state index in [0.717, 1.165) is 62.5 Å². The third kappa shape index (κ3) is 23.8. The molecule has 38 heavy (non-hydrogen) atoms. The van der Waals surface area contributed by atoms with Gasteiger partial charge in [-0.05, 0) is 120 Å². The van der Waals surface area contributed by atoms with Crippen molar-refractivity contribution < 1.29 is 19.1 Å². The summed E-state index contributed by atoms with van der Waals surface area (Å²) in [4.78, 5) is 24.0. The molecule has 0 radical (unpaired) electrons. The lowest BCUT2D eigenvalue weighted by Crippen LogP contribution is -2.07. The Morgan fingerprint density at radius 3 is 1.13 bits per heavy atom. The van der Waals surface area contributed by atoms with Crippen LogP contribution in [0.3, 0.4) is 0 Å². The Hall–Kier alpha value is -2.62. The molecule has 0 aliphatic heterocycles. The van der Waals surface area contributed by atoms with Crippen LogP contribution in [0.2, 0.25) is 0 Å². The molecule has 0 unspecified atom stereocenters. The molecule has 0 aromatic carbocycles. The van der Waals surface area contributed by atoms with Gasteiger partial charge in [-0.15, -0.1) is 0 Å². The lowest BCUT2D eigenvalue weighted by molar-refractivity contribution is -0.140. The Labute approximate surface area is 233 Å². The molecule has 0 aromatic heterocycles. The smallest absolute Gasteiger partial charge is 0.330 e. The Morgan fingerprint density at radius 2 is 0.789 bits per heavy atom. The van der Waals surface area contributed by atoms with Gasteiger partial charge in [0.1, 0.15) is 0 Å². The molecule has 0 saturated carbocycles. The van der Waals surface area contributed by atoms with Gasteiger partial charge >= 0.3 is 11.9 Å². The number of carbonyl (C=O) groups is 2. The van der Waals surface area contributed by atoms with Gasteiger partial charge in [-0.25, -0.2) is 9.59 Å². The van der Waals surface area contributed by atoms with E-state index in [-0.39, 0.29) is 11.9 Å². The van der Waals surface area contributed by atoms with Gasteiger partial charge in [-0.1, -0.05) is 57.7 Å². The van der Waals surface area contributed by atoms with E-state index < -0.39 is 0 Å². The monoisotopic (exact) mass is 526 g/mol. The van der Waals surface area contributed by atoms with Gasteiger partial charge in [-0.2, -0.15) is 0 Å². The number of hydrogen-bond donors (Lipinski definition) is 0. The highest BCUT2D eigenvalue weighted by Crippen LogP contribution is 2.13. The standard InChI is InChI=1S/C34H54O4/c1-27(2)15-11-17-29(5)19-13-21-31(7)25-33(35)37-23-9-10-24-38-34(36)26-32(8)22-14-20-30(6)18-12-16-28(3)4/h15-16,19-20,25-26H,9-14,17-18,21-24H2,1-8H3. The molecule has 4 nitrogen and oxygen atoms in total. The van der Waals surface area contributed by atoms with Crippen LogP contribution in [0.15, 0.2) is 69.9 Å². The zero-order valence-electron chi connectivity index (χ0n) is 25.6. The predicted molar refractivity (Wildman–Crippen MR) is 162 cm³/mol. The summed E-state index contributed by atoms with van der Waals surface area (Å²) in [6.45, 7) is 17.4. The number of unbranched alkanes of at least 4 members (excludes halogenated alkanes) is 1. The van der Waals surface area contributed by atoms with Crippen molar-refractivity contribution in [3.63, 3.8) is 0 Å². The first-order valence-corrected chi connectivity index (χ1v) is 14.3. The molecule has 0 aliphatic carbocycles. The van der Waals surface area contributed by atoms with Crippen molar-refractivity contribution in [2.75, 3.05) is 13.2 Å². The van der Waals surface area contributed by atoms with Crippen molar-refractivity contribution >= 4 is 11.9 Å². The van der Waals surface area contributed by atoms with Crippen LogP contribution >= 0.6 is 0 Å². The third-order valence-electron chi connectivity index (χ3n) is 6.00. The number of rotatable bonds is 19. The predicted octanol–water partition coefficient (Wildman–Crippen LogP) is 9.69. The number of allylic oxidation sites excluding steroid dienone is 10. The minimum absolute atomic E-state index is 0.302. The summed E-state index contributed by atoms with van der Waals surface area (Å²) in [5.41, 5.74) is 7.53. The van der Waals surface area contributed by atoms with Gasteiger partial charge in [0.15, 0.2) is 0 Å². The number of carbonyl (C=O) groups excluding carboxylic acids is 2. The SMILES string of the molecule is CC(C)=CCCC(C)=CCCC(C)=CC(=O)OCCCCOC(=O)C=C(C)CCC=C(C)CCC=C(C)C. The Morgan fingerprint density at radius 1 is 0.474 bits per heavy atom. The molecule has 0 aliphatic rings.